The topological polar surface area (TPSA) is 137 Å². The molecule has 1 aromatic carbocycles. The van der Waals surface area contributed by atoms with E-state index in [0.29, 0.717) is 17.8 Å². The number of nitrogens with one attached hydrogen (secondary N) is 2. The van der Waals surface area contributed by atoms with Gasteiger partial charge in [-0.15, -0.1) is 0 Å². The average molecular weight is 584 g/mol. The highest BCUT2D eigenvalue weighted by molar-refractivity contribution is 14.1. The van der Waals surface area contributed by atoms with Crippen molar-refractivity contribution >= 4 is 57.1 Å². The van der Waals surface area contributed by atoms with Crippen LogP contribution in [0.5, 0.6) is 11.5 Å². The van der Waals surface area contributed by atoms with Crippen LogP contribution in [-0.4, -0.2) is 45.5 Å². The number of halogens is 1. The molecule has 1 aliphatic rings. The lowest BCUT2D eigenvalue weighted by Crippen LogP contribution is -2.21. The number of pyridine rings is 1. The normalized spacial score (nSPS) is 12.4. The van der Waals surface area contributed by atoms with Gasteiger partial charge in [-0.25, -0.2) is 15.4 Å². The molecule has 3 heterocycles. The number of hydrogen-bond acceptors (Lipinski definition) is 9. The Bertz CT molecular complexity index is 1140. The highest BCUT2D eigenvalue weighted by Gasteiger charge is 2.20. The van der Waals surface area contributed by atoms with Crippen LogP contribution in [0, 0.1) is 3.57 Å². The first-order chi connectivity index (χ1) is 16.1. The molecule has 5 N–H and O–H groups in total. The van der Waals surface area contributed by atoms with E-state index in [1.54, 1.807) is 23.4 Å². The van der Waals surface area contributed by atoms with Crippen LogP contribution < -0.4 is 26.0 Å². The number of carbonyl (C=O) groups excluding carboxylic acids is 1. The molecule has 12 heteroatoms. The van der Waals surface area contributed by atoms with Crippen LogP contribution in [0.4, 0.5) is 5.82 Å². The minimum absolute atomic E-state index is 0.237. The number of nitrogens with two attached hydrogens (primary N) is 1. The van der Waals surface area contributed by atoms with Crippen molar-refractivity contribution in [1.82, 2.24) is 25.3 Å². The van der Waals surface area contributed by atoms with Gasteiger partial charge < -0.3 is 25.1 Å². The summed E-state index contributed by atoms with van der Waals surface area (Å²) in [5.74, 6) is 1.56. The first-order valence-corrected chi connectivity index (χ1v) is 12.5. The fraction of sp³-hybridized carbons (Fsp3) is 0.381. The van der Waals surface area contributed by atoms with E-state index < -0.39 is 0 Å². The Morgan fingerprint density at radius 3 is 2.88 bits per heavy atom. The summed E-state index contributed by atoms with van der Waals surface area (Å²) >= 11 is 3.85. The number of ether oxygens (including phenoxy) is 2. The monoisotopic (exact) mass is 584 g/mol. The number of unbranched alkanes of at least 4 members (excludes halogenated alkanes) is 2. The summed E-state index contributed by atoms with van der Waals surface area (Å²) in [6.07, 6.45) is 4.66. The van der Waals surface area contributed by atoms with E-state index >= 15 is 0 Å². The zero-order chi connectivity index (χ0) is 23.2. The first-order valence-electron chi connectivity index (χ1n) is 10.6. The Kier molecular flexibility index (Phi) is 8.11. The molecule has 176 valence electrons. The van der Waals surface area contributed by atoms with Crippen molar-refractivity contribution in [3.05, 3.63) is 28.0 Å². The van der Waals surface area contributed by atoms with E-state index in [0.717, 1.165) is 69.5 Å². The SMILES string of the molecule is Nc1nccc2c1nc(Sc1cc3c(cc1I)OCO3)n2CCNCCCCCC(=O)NO. The van der Waals surface area contributed by atoms with Crippen molar-refractivity contribution in [2.75, 3.05) is 25.6 Å². The molecule has 33 heavy (non-hydrogen) atoms. The third-order valence-corrected chi connectivity index (χ3v) is 7.49. The fourth-order valence-electron chi connectivity index (χ4n) is 3.50. The van der Waals surface area contributed by atoms with Crippen molar-refractivity contribution in [3.63, 3.8) is 0 Å². The lowest BCUT2D eigenvalue weighted by molar-refractivity contribution is -0.129. The Morgan fingerprint density at radius 2 is 2.06 bits per heavy atom. The van der Waals surface area contributed by atoms with Gasteiger partial charge in [-0.1, -0.05) is 18.2 Å². The van der Waals surface area contributed by atoms with E-state index in [9.17, 15) is 4.79 Å². The summed E-state index contributed by atoms with van der Waals surface area (Å²) in [5.41, 5.74) is 9.39. The lowest BCUT2D eigenvalue weighted by atomic mass is 10.2. The van der Waals surface area contributed by atoms with Gasteiger partial charge in [0.05, 0.1) is 5.52 Å². The quantitative estimate of drug-likeness (QED) is 0.116. The van der Waals surface area contributed by atoms with Crippen LogP contribution in [-0.2, 0) is 11.3 Å². The van der Waals surface area contributed by atoms with E-state index in [-0.39, 0.29) is 12.7 Å². The van der Waals surface area contributed by atoms with Crippen LogP contribution in [0.1, 0.15) is 25.7 Å². The van der Waals surface area contributed by atoms with E-state index in [1.165, 1.54) is 0 Å². The summed E-state index contributed by atoms with van der Waals surface area (Å²) in [5, 5.41) is 12.8. The summed E-state index contributed by atoms with van der Waals surface area (Å²) in [6, 6.07) is 5.88. The second-order valence-corrected chi connectivity index (χ2v) is 9.61. The standard InChI is InChI=1S/C21H25IN6O4S/c22-13-10-15-16(32-12-31-15)11-17(13)33-21-26-19-14(5-7-25-20(19)23)28(21)9-8-24-6-3-1-2-4-18(29)27-30/h5,7,10-11,24,30H,1-4,6,8-9,12H2,(H2,23,25)(H,27,29). The van der Waals surface area contributed by atoms with Crippen molar-refractivity contribution in [2.24, 2.45) is 0 Å². The molecule has 3 aromatic rings. The molecule has 0 radical (unpaired) electrons. The number of fused-ring (bicyclic) bond motifs is 2. The van der Waals surface area contributed by atoms with Gasteiger partial charge in [0.25, 0.3) is 0 Å². The predicted octanol–water partition coefficient (Wildman–Crippen LogP) is 3.15. The maximum Gasteiger partial charge on any atom is 0.243 e. The molecule has 10 nitrogen and oxygen atoms in total. The van der Waals surface area contributed by atoms with Gasteiger partial charge in [-0.3, -0.25) is 10.0 Å². The number of amides is 1. The molecule has 0 saturated heterocycles. The van der Waals surface area contributed by atoms with E-state index in [2.05, 4.69) is 37.5 Å². The Hall–Kier alpha value is -2.29. The third-order valence-electron chi connectivity index (χ3n) is 5.18. The number of anilines is 1. The smallest absolute Gasteiger partial charge is 0.243 e. The maximum atomic E-state index is 11.0. The number of hydrogen-bond donors (Lipinski definition) is 4. The third kappa shape index (κ3) is 5.80. The van der Waals surface area contributed by atoms with Crippen LogP contribution in [0.15, 0.2) is 34.4 Å². The number of aromatic nitrogens is 3. The van der Waals surface area contributed by atoms with Crippen molar-refractivity contribution in [3.8, 4) is 11.5 Å². The summed E-state index contributed by atoms with van der Waals surface area (Å²) in [4.78, 5) is 21.0. The van der Waals surface area contributed by atoms with Gasteiger partial charge >= 0.3 is 0 Å². The fourth-order valence-corrected chi connectivity index (χ4v) is 5.23. The highest BCUT2D eigenvalue weighted by atomic mass is 127. The highest BCUT2D eigenvalue weighted by Crippen LogP contribution is 2.41. The van der Waals surface area contributed by atoms with Gasteiger partial charge in [0, 0.05) is 34.2 Å². The summed E-state index contributed by atoms with van der Waals surface area (Å²) in [7, 11) is 0. The zero-order valence-corrected chi connectivity index (χ0v) is 20.8. The summed E-state index contributed by atoms with van der Waals surface area (Å²) in [6.45, 7) is 2.56. The van der Waals surface area contributed by atoms with Gasteiger partial charge in [0.2, 0.25) is 12.7 Å². The van der Waals surface area contributed by atoms with Gasteiger partial charge in [-0.05, 0) is 60.2 Å². The van der Waals surface area contributed by atoms with Crippen LogP contribution in [0.2, 0.25) is 0 Å². The molecular formula is C21H25IN6O4S. The number of rotatable bonds is 11. The molecule has 0 bridgehead atoms. The number of benzene rings is 1. The van der Waals surface area contributed by atoms with Crippen LogP contribution in [0.3, 0.4) is 0 Å². The number of carbonyl (C=O) groups is 1. The first kappa shape index (κ1) is 23.9. The van der Waals surface area contributed by atoms with Crippen molar-refractivity contribution < 1.29 is 19.5 Å². The molecule has 2 aromatic heterocycles. The molecule has 0 aliphatic carbocycles. The van der Waals surface area contributed by atoms with Crippen LogP contribution in [0.25, 0.3) is 11.0 Å². The molecule has 0 spiro atoms. The van der Waals surface area contributed by atoms with E-state index in [4.69, 9.17) is 25.4 Å². The molecule has 0 saturated carbocycles. The molecule has 1 aliphatic heterocycles. The zero-order valence-electron chi connectivity index (χ0n) is 17.8. The van der Waals surface area contributed by atoms with Crippen LogP contribution >= 0.6 is 34.4 Å². The molecule has 1 amide bonds. The Morgan fingerprint density at radius 1 is 1.24 bits per heavy atom. The molecule has 4 rings (SSSR count). The van der Waals surface area contributed by atoms with Crippen molar-refractivity contribution in [1.29, 1.82) is 0 Å². The predicted molar refractivity (Wildman–Crippen MR) is 133 cm³/mol. The minimum atomic E-state index is -0.342. The number of nitrogen functional groups attached to an aromatic ring is 1. The number of imidazole rings is 1. The largest absolute Gasteiger partial charge is 0.454 e. The lowest BCUT2D eigenvalue weighted by Gasteiger charge is -2.11. The second kappa shape index (κ2) is 11.2. The molecule has 0 fully saturated rings. The number of nitrogens with zero attached hydrogens (tertiary/aromatic N) is 3. The summed E-state index contributed by atoms with van der Waals surface area (Å²) < 4.78 is 14.2. The second-order valence-electron chi connectivity index (χ2n) is 7.44. The Balaban J connectivity index is 1.41. The van der Waals surface area contributed by atoms with Crippen molar-refractivity contribution in [2.45, 2.75) is 42.3 Å². The maximum absolute atomic E-state index is 11.0. The Labute approximate surface area is 208 Å². The number of hydroxylamine groups is 1. The molecule has 0 unspecified atom stereocenters. The average Bonchev–Trinajstić information content (AvgIpc) is 3.40. The van der Waals surface area contributed by atoms with E-state index in [1.807, 2.05) is 18.2 Å². The van der Waals surface area contributed by atoms with Gasteiger partial charge in [0.15, 0.2) is 22.5 Å². The van der Waals surface area contributed by atoms with Gasteiger partial charge in [0.1, 0.15) is 5.52 Å². The molecule has 0 atom stereocenters. The molecular weight excluding hydrogens is 559 g/mol. The van der Waals surface area contributed by atoms with Gasteiger partial charge in [-0.2, -0.15) is 0 Å². The minimum Gasteiger partial charge on any atom is -0.454 e.